The van der Waals surface area contributed by atoms with E-state index in [0.717, 1.165) is 12.0 Å². The molecule has 0 spiro atoms. The van der Waals surface area contributed by atoms with E-state index in [0.29, 0.717) is 18.8 Å². The first-order valence-electron chi connectivity index (χ1n) is 7.83. The van der Waals surface area contributed by atoms with Gasteiger partial charge in [-0.15, -0.1) is 0 Å². The van der Waals surface area contributed by atoms with Crippen LogP contribution in [-0.4, -0.2) is 44.1 Å². The number of hydrogen-bond acceptors (Lipinski definition) is 5. The third-order valence-corrected chi connectivity index (χ3v) is 4.65. The number of hydrogen-bond donors (Lipinski definition) is 2. The maximum atomic E-state index is 12.1. The zero-order valence-corrected chi connectivity index (χ0v) is 15.3. The fourth-order valence-corrected chi connectivity index (χ4v) is 3.06. The van der Waals surface area contributed by atoms with E-state index < -0.39 is 15.6 Å². The van der Waals surface area contributed by atoms with E-state index in [9.17, 15) is 13.2 Å². The summed E-state index contributed by atoms with van der Waals surface area (Å²) in [6, 6.07) is 4.76. The summed E-state index contributed by atoms with van der Waals surface area (Å²) in [6.07, 6.45) is 0.431. The van der Waals surface area contributed by atoms with Crippen LogP contribution in [0.25, 0.3) is 0 Å². The van der Waals surface area contributed by atoms with Gasteiger partial charge in [0.05, 0.1) is 4.90 Å². The molecule has 0 radical (unpaired) electrons. The van der Waals surface area contributed by atoms with Crippen molar-refractivity contribution in [1.29, 1.82) is 0 Å². The lowest BCUT2D eigenvalue weighted by Gasteiger charge is -2.24. The second-order valence-electron chi connectivity index (χ2n) is 7.08. The summed E-state index contributed by atoms with van der Waals surface area (Å²) in [6.45, 7) is 8.49. The molecular formula is C16H25N3O4S. The van der Waals surface area contributed by atoms with Crippen LogP contribution in [-0.2, 0) is 14.8 Å². The minimum atomic E-state index is -3.74. The number of sulfonamides is 1. The number of aryl methyl sites for hydroxylation is 1. The number of carbonyl (C=O) groups excluding carboxylic acids is 1. The second-order valence-corrected chi connectivity index (χ2v) is 8.64. The second kappa shape index (κ2) is 6.60. The van der Waals surface area contributed by atoms with E-state index >= 15 is 0 Å². The van der Waals surface area contributed by atoms with Crippen molar-refractivity contribution < 1.29 is 17.9 Å². The maximum Gasteiger partial charge on any atom is 0.410 e. The molecular weight excluding hydrogens is 330 g/mol. The van der Waals surface area contributed by atoms with E-state index in [1.807, 2.05) is 27.7 Å². The van der Waals surface area contributed by atoms with Crippen LogP contribution in [0.2, 0.25) is 0 Å². The first kappa shape index (κ1) is 18.5. The van der Waals surface area contributed by atoms with Crippen molar-refractivity contribution in [2.45, 2.75) is 50.7 Å². The Bertz CT molecular complexity index is 725. The summed E-state index contributed by atoms with van der Waals surface area (Å²) in [7, 11) is -3.74. The van der Waals surface area contributed by atoms with Crippen molar-refractivity contribution in [2.75, 3.05) is 18.4 Å². The largest absolute Gasteiger partial charge is 0.444 e. The van der Waals surface area contributed by atoms with Crippen molar-refractivity contribution in [2.24, 2.45) is 5.14 Å². The van der Waals surface area contributed by atoms with Crippen LogP contribution in [0.15, 0.2) is 23.1 Å². The molecule has 1 aliphatic heterocycles. The molecule has 1 amide bonds. The molecule has 1 saturated heterocycles. The van der Waals surface area contributed by atoms with Gasteiger partial charge in [0.15, 0.2) is 0 Å². The fraction of sp³-hybridized carbons (Fsp3) is 0.562. The van der Waals surface area contributed by atoms with Crippen LogP contribution in [0.5, 0.6) is 0 Å². The SMILES string of the molecule is Cc1ccc(S(N)(=O)=O)cc1NC1CCN(C(=O)OC(C)(C)C)C1. The summed E-state index contributed by atoms with van der Waals surface area (Å²) in [4.78, 5) is 13.8. The van der Waals surface area contributed by atoms with Gasteiger partial charge in [-0.1, -0.05) is 6.07 Å². The fourth-order valence-electron chi connectivity index (χ4n) is 2.52. The van der Waals surface area contributed by atoms with Crippen LogP contribution < -0.4 is 10.5 Å². The molecule has 1 unspecified atom stereocenters. The third-order valence-electron chi connectivity index (χ3n) is 3.74. The molecule has 24 heavy (non-hydrogen) atoms. The number of amides is 1. The Morgan fingerprint density at radius 1 is 1.38 bits per heavy atom. The number of nitrogens with two attached hydrogens (primary N) is 1. The molecule has 134 valence electrons. The smallest absolute Gasteiger partial charge is 0.410 e. The predicted octanol–water partition coefficient (Wildman–Crippen LogP) is 2.06. The average molecular weight is 355 g/mol. The highest BCUT2D eigenvalue weighted by atomic mass is 32.2. The number of nitrogens with one attached hydrogen (secondary N) is 1. The number of rotatable bonds is 3. The Balaban J connectivity index is 2.05. The Kier molecular flexibility index (Phi) is 5.10. The Morgan fingerprint density at radius 2 is 2.04 bits per heavy atom. The number of ether oxygens (including phenoxy) is 1. The van der Waals surface area contributed by atoms with Crippen molar-refractivity contribution in [3.63, 3.8) is 0 Å². The summed E-state index contributed by atoms with van der Waals surface area (Å²) in [5, 5.41) is 8.48. The topological polar surface area (TPSA) is 102 Å². The minimum absolute atomic E-state index is 0.0342. The lowest BCUT2D eigenvalue weighted by atomic mass is 10.1. The van der Waals surface area contributed by atoms with Gasteiger partial charge < -0.3 is 15.0 Å². The van der Waals surface area contributed by atoms with Gasteiger partial charge in [0, 0.05) is 24.8 Å². The third kappa shape index (κ3) is 4.85. The number of benzene rings is 1. The molecule has 0 aliphatic carbocycles. The van der Waals surface area contributed by atoms with Gasteiger partial charge in [-0.05, 0) is 51.8 Å². The lowest BCUT2D eigenvalue weighted by Crippen LogP contribution is -2.36. The molecule has 7 nitrogen and oxygen atoms in total. The van der Waals surface area contributed by atoms with Crippen molar-refractivity contribution in [1.82, 2.24) is 4.90 Å². The van der Waals surface area contributed by atoms with E-state index in [1.165, 1.54) is 12.1 Å². The van der Waals surface area contributed by atoms with Crippen LogP contribution in [0.3, 0.4) is 0 Å². The van der Waals surface area contributed by atoms with E-state index in [-0.39, 0.29) is 17.0 Å². The first-order chi connectivity index (χ1) is 11.0. The monoisotopic (exact) mass is 355 g/mol. The van der Waals surface area contributed by atoms with E-state index in [2.05, 4.69) is 5.32 Å². The van der Waals surface area contributed by atoms with Crippen LogP contribution in [0.4, 0.5) is 10.5 Å². The Hall–Kier alpha value is -1.80. The molecule has 1 heterocycles. The van der Waals surface area contributed by atoms with Crippen LogP contribution in [0, 0.1) is 6.92 Å². The molecule has 1 aromatic carbocycles. The highest BCUT2D eigenvalue weighted by Crippen LogP contribution is 2.23. The Morgan fingerprint density at radius 3 is 2.62 bits per heavy atom. The molecule has 0 aromatic heterocycles. The van der Waals surface area contributed by atoms with Crippen molar-refractivity contribution in [3.05, 3.63) is 23.8 Å². The Labute approximate surface area is 143 Å². The number of anilines is 1. The normalized spacial score (nSPS) is 18.5. The highest BCUT2D eigenvalue weighted by Gasteiger charge is 2.30. The molecule has 2 rings (SSSR count). The first-order valence-corrected chi connectivity index (χ1v) is 9.38. The summed E-state index contributed by atoms with van der Waals surface area (Å²) < 4.78 is 28.3. The van der Waals surface area contributed by atoms with Crippen LogP contribution in [0.1, 0.15) is 32.8 Å². The molecule has 8 heteroatoms. The predicted molar refractivity (Wildman–Crippen MR) is 92.4 cm³/mol. The van der Waals surface area contributed by atoms with Gasteiger partial charge in [-0.2, -0.15) is 0 Å². The number of likely N-dealkylation sites (tertiary alicyclic amines) is 1. The average Bonchev–Trinajstić information content (AvgIpc) is 2.87. The molecule has 0 bridgehead atoms. The molecule has 1 aliphatic rings. The van der Waals surface area contributed by atoms with Crippen molar-refractivity contribution >= 4 is 21.8 Å². The van der Waals surface area contributed by atoms with Crippen molar-refractivity contribution in [3.8, 4) is 0 Å². The zero-order chi connectivity index (χ0) is 18.1. The van der Waals surface area contributed by atoms with Crippen LogP contribution >= 0.6 is 0 Å². The summed E-state index contributed by atoms with van der Waals surface area (Å²) >= 11 is 0. The van der Waals surface area contributed by atoms with Gasteiger partial charge in [0.2, 0.25) is 10.0 Å². The van der Waals surface area contributed by atoms with Gasteiger partial charge in [0.25, 0.3) is 0 Å². The van der Waals surface area contributed by atoms with E-state index in [4.69, 9.17) is 9.88 Å². The summed E-state index contributed by atoms with van der Waals surface area (Å²) in [5.41, 5.74) is 1.10. The van der Waals surface area contributed by atoms with Gasteiger partial charge in [-0.3, -0.25) is 0 Å². The molecule has 1 fully saturated rings. The summed E-state index contributed by atoms with van der Waals surface area (Å²) in [5.74, 6) is 0. The quantitative estimate of drug-likeness (QED) is 0.864. The van der Waals surface area contributed by atoms with Gasteiger partial charge in [-0.25, -0.2) is 18.4 Å². The maximum absolute atomic E-state index is 12.1. The highest BCUT2D eigenvalue weighted by molar-refractivity contribution is 7.89. The molecule has 1 atom stereocenters. The standard InChI is InChI=1S/C16H25N3O4S/c1-11-5-6-13(24(17,21)22)9-14(11)18-12-7-8-19(10-12)15(20)23-16(2,3)4/h5-6,9,12,18H,7-8,10H2,1-4H3,(H2,17,21,22). The lowest BCUT2D eigenvalue weighted by molar-refractivity contribution is 0.0293. The van der Waals surface area contributed by atoms with Gasteiger partial charge >= 0.3 is 6.09 Å². The van der Waals surface area contributed by atoms with E-state index in [1.54, 1.807) is 11.0 Å². The molecule has 0 saturated carbocycles. The number of nitrogens with zero attached hydrogens (tertiary/aromatic N) is 1. The van der Waals surface area contributed by atoms with Gasteiger partial charge in [0.1, 0.15) is 5.60 Å². The number of carbonyl (C=O) groups is 1. The zero-order valence-electron chi connectivity index (χ0n) is 14.5. The minimum Gasteiger partial charge on any atom is -0.444 e. The molecule has 1 aromatic rings. The number of primary sulfonamides is 1. The molecule has 3 N–H and O–H groups in total.